The second-order valence-corrected chi connectivity index (χ2v) is 4.85. The summed E-state index contributed by atoms with van der Waals surface area (Å²) in [5.41, 5.74) is 3.13. The number of benzene rings is 1. The Morgan fingerprint density at radius 2 is 2.12 bits per heavy atom. The van der Waals surface area contributed by atoms with Crippen molar-refractivity contribution in [1.82, 2.24) is 10.2 Å². The topological polar surface area (TPSA) is 15.3 Å². The van der Waals surface area contributed by atoms with Crippen molar-refractivity contribution in [1.29, 1.82) is 0 Å². The second-order valence-electron chi connectivity index (χ2n) is 4.85. The van der Waals surface area contributed by atoms with Crippen LogP contribution in [0.4, 0.5) is 0 Å². The molecule has 1 aliphatic carbocycles. The highest BCUT2D eigenvalue weighted by Gasteiger charge is 2.26. The minimum absolute atomic E-state index is 0.771. The number of nitrogens with one attached hydrogen (secondary N) is 1. The third kappa shape index (κ3) is 3.08. The van der Waals surface area contributed by atoms with Gasteiger partial charge in [0.25, 0.3) is 0 Å². The van der Waals surface area contributed by atoms with E-state index in [0.29, 0.717) is 0 Å². The molecule has 1 unspecified atom stereocenters. The molecule has 0 bridgehead atoms. The number of likely N-dealkylation sites (N-methyl/N-ethyl adjacent to an activating group) is 2. The molecule has 0 fully saturated rings. The Hall–Kier alpha value is -0.860. The van der Waals surface area contributed by atoms with E-state index in [2.05, 4.69) is 48.3 Å². The van der Waals surface area contributed by atoms with Crippen molar-refractivity contribution in [2.45, 2.75) is 26.2 Å². The number of hydrogen-bond acceptors (Lipinski definition) is 2. The van der Waals surface area contributed by atoms with Crippen molar-refractivity contribution >= 4 is 0 Å². The van der Waals surface area contributed by atoms with Gasteiger partial charge in [-0.3, -0.25) is 0 Å². The van der Waals surface area contributed by atoms with Crippen LogP contribution >= 0.6 is 0 Å². The lowest BCUT2D eigenvalue weighted by molar-refractivity contribution is 0.260. The Labute approximate surface area is 105 Å². The van der Waals surface area contributed by atoms with Gasteiger partial charge in [-0.2, -0.15) is 0 Å². The Bertz CT molecular complexity index is 349. The molecule has 0 radical (unpaired) electrons. The van der Waals surface area contributed by atoms with Crippen molar-refractivity contribution in [3.8, 4) is 0 Å². The van der Waals surface area contributed by atoms with Crippen LogP contribution in [-0.2, 0) is 6.42 Å². The van der Waals surface area contributed by atoms with E-state index in [1.807, 2.05) is 0 Å². The molecule has 1 aromatic rings. The van der Waals surface area contributed by atoms with E-state index in [0.717, 1.165) is 25.6 Å². The lowest BCUT2D eigenvalue weighted by Crippen LogP contribution is -2.37. The van der Waals surface area contributed by atoms with Gasteiger partial charge in [0.05, 0.1) is 0 Å². The third-order valence-electron chi connectivity index (χ3n) is 3.74. The van der Waals surface area contributed by atoms with Crippen LogP contribution in [-0.4, -0.2) is 37.6 Å². The first-order valence-electron chi connectivity index (χ1n) is 6.86. The van der Waals surface area contributed by atoms with Gasteiger partial charge in [0.1, 0.15) is 0 Å². The second kappa shape index (κ2) is 6.18. The Morgan fingerprint density at radius 1 is 1.29 bits per heavy atom. The normalized spacial score (nSPS) is 17.9. The highest BCUT2D eigenvalue weighted by atomic mass is 15.1. The van der Waals surface area contributed by atoms with Crippen LogP contribution in [0.3, 0.4) is 0 Å². The van der Waals surface area contributed by atoms with Gasteiger partial charge in [-0.05, 0) is 30.6 Å². The fourth-order valence-electron chi connectivity index (χ4n) is 2.63. The lowest BCUT2D eigenvalue weighted by atomic mass is 9.77. The molecule has 94 valence electrons. The molecule has 0 saturated heterocycles. The lowest BCUT2D eigenvalue weighted by Gasteiger charge is -2.34. The zero-order valence-electron chi connectivity index (χ0n) is 11.1. The average Bonchev–Trinajstić information content (AvgIpc) is 2.34. The summed E-state index contributed by atoms with van der Waals surface area (Å²) in [4.78, 5) is 2.56. The van der Waals surface area contributed by atoms with Gasteiger partial charge < -0.3 is 10.2 Å². The number of nitrogens with zero attached hydrogens (tertiary/aromatic N) is 1. The maximum atomic E-state index is 3.40. The molecule has 2 rings (SSSR count). The molecule has 2 heteroatoms. The molecule has 1 N–H and O–H groups in total. The molecule has 17 heavy (non-hydrogen) atoms. The van der Waals surface area contributed by atoms with E-state index in [1.165, 1.54) is 19.5 Å². The number of fused-ring (bicyclic) bond motifs is 1. The Morgan fingerprint density at radius 3 is 2.82 bits per heavy atom. The van der Waals surface area contributed by atoms with Gasteiger partial charge in [-0.25, -0.2) is 0 Å². The summed E-state index contributed by atoms with van der Waals surface area (Å²) < 4.78 is 0. The fourth-order valence-corrected chi connectivity index (χ4v) is 2.63. The summed E-state index contributed by atoms with van der Waals surface area (Å²) >= 11 is 0. The smallest absolute Gasteiger partial charge is 0.0107 e. The van der Waals surface area contributed by atoms with Gasteiger partial charge in [-0.15, -0.1) is 0 Å². The van der Waals surface area contributed by atoms with E-state index in [1.54, 1.807) is 11.1 Å². The summed E-state index contributed by atoms with van der Waals surface area (Å²) in [5.74, 6) is 0.771. The molecular formula is C15H24N2. The first-order valence-corrected chi connectivity index (χ1v) is 6.86. The van der Waals surface area contributed by atoms with Crippen LogP contribution in [0.1, 0.15) is 30.9 Å². The van der Waals surface area contributed by atoms with Crippen LogP contribution < -0.4 is 5.32 Å². The van der Waals surface area contributed by atoms with Crippen molar-refractivity contribution < 1.29 is 0 Å². The fraction of sp³-hybridized carbons (Fsp3) is 0.600. The first-order chi connectivity index (χ1) is 8.35. The van der Waals surface area contributed by atoms with Gasteiger partial charge in [0.2, 0.25) is 0 Å². The van der Waals surface area contributed by atoms with Crippen molar-refractivity contribution in [2.75, 3.05) is 32.7 Å². The van der Waals surface area contributed by atoms with Crippen LogP contribution in [0.5, 0.6) is 0 Å². The van der Waals surface area contributed by atoms with E-state index < -0.39 is 0 Å². The minimum Gasteiger partial charge on any atom is -0.316 e. The highest BCUT2D eigenvalue weighted by molar-refractivity contribution is 5.40. The molecule has 1 aromatic carbocycles. The highest BCUT2D eigenvalue weighted by Crippen LogP contribution is 2.35. The van der Waals surface area contributed by atoms with E-state index >= 15 is 0 Å². The molecule has 0 aromatic heterocycles. The molecule has 2 nitrogen and oxygen atoms in total. The van der Waals surface area contributed by atoms with Gasteiger partial charge in [0, 0.05) is 25.6 Å². The molecule has 0 spiro atoms. The molecule has 0 heterocycles. The average molecular weight is 232 g/mol. The summed E-state index contributed by atoms with van der Waals surface area (Å²) in [6.45, 7) is 10.2. The van der Waals surface area contributed by atoms with Crippen molar-refractivity contribution in [3.05, 3.63) is 35.4 Å². The van der Waals surface area contributed by atoms with Crippen LogP contribution in [0.15, 0.2) is 24.3 Å². The maximum Gasteiger partial charge on any atom is 0.0107 e. The Balaban J connectivity index is 1.81. The molecule has 1 atom stereocenters. The quantitative estimate of drug-likeness (QED) is 0.725. The minimum atomic E-state index is 0.771. The van der Waals surface area contributed by atoms with Gasteiger partial charge in [-0.1, -0.05) is 38.1 Å². The zero-order chi connectivity index (χ0) is 12.1. The van der Waals surface area contributed by atoms with Crippen LogP contribution in [0.25, 0.3) is 0 Å². The summed E-state index contributed by atoms with van der Waals surface area (Å²) in [6, 6.07) is 8.88. The van der Waals surface area contributed by atoms with E-state index in [9.17, 15) is 0 Å². The largest absolute Gasteiger partial charge is 0.316 e. The Kier molecular flexibility index (Phi) is 4.57. The van der Waals surface area contributed by atoms with Gasteiger partial charge >= 0.3 is 0 Å². The van der Waals surface area contributed by atoms with E-state index in [-0.39, 0.29) is 0 Å². The van der Waals surface area contributed by atoms with Crippen LogP contribution in [0.2, 0.25) is 0 Å². The predicted molar refractivity (Wildman–Crippen MR) is 73.5 cm³/mol. The standard InChI is InChI=1S/C15H24N2/c1-3-16-9-10-17(4-2)12-14-11-13-7-5-6-8-15(13)14/h5-8,14,16H,3-4,9-12H2,1-2H3. The molecule has 1 aliphatic rings. The molecule has 0 amide bonds. The third-order valence-corrected chi connectivity index (χ3v) is 3.74. The molecule has 0 aliphatic heterocycles. The molecular weight excluding hydrogens is 208 g/mol. The zero-order valence-corrected chi connectivity index (χ0v) is 11.1. The summed E-state index contributed by atoms with van der Waals surface area (Å²) in [7, 11) is 0. The maximum absolute atomic E-state index is 3.40. The SMILES string of the molecule is CCNCCN(CC)CC1Cc2ccccc21. The van der Waals surface area contributed by atoms with Gasteiger partial charge in [0.15, 0.2) is 0 Å². The van der Waals surface area contributed by atoms with E-state index in [4.69, 9.17) is 0 Å². The monoisotopic (exact) mass is 232 g/mol. The molecule has 0 saturated carbocycles. The predicted octanol–water partition coefficient (Wildman–Crippen LogP) is 2.26. The van der Waals surface area contributed by atoms with Crippen LogP contribution in [0, 0.1) is 0 Å². The number of rotatable bonds is 7. The first kappa shape index (κ1) is 12.6. The van der Waals surface area contributed by atoms with Crippen molar-refractivity contribution in [3.63, 3.8) is 0 Å². The summed E-state index contributed by atoms with van der Waals surface area (Å²) in [6.07, 6.45) is 1.27. The summed E-state index contributed by atoms with van der Waals surface area (Å²) in [5, 5.41) is 3.40. The van der Waals surface area contributed by atoms with Crippen molar-refractivity contribution in [2.24, 2.45) is 0 Å². The number of hydrogen-bond donors (Lipinski definition) is 1.